The minimum atomic E-state index is 0.329. The Labute approximate surface area is 215 Å². The molecule has 2 atom stereocenters. The van der Waals surface area contributed by atoms with Crippen molar-refractivity contribution in [2.75, 3.05) is 13.7 Å². The van der Waals surface area contributed by atoms with Gasteiger partial charge in [-0.25, -0.2) is 0 Å². The summed E-state index contributed by atoms with van der Waals surface area (Å²) in [6.07, 6.45) is 21.7. The Bertz CT molecular complexity index is 800. The van der Waals surface area contributed by atoms with Crippen LogP contribution in [0.5, 0.6) is 5.75 Å². The third-order valence-corrected chi connectivity index (χ3v) is 7.78. The van der Waals surface area contributed by atoms with E-state index in [1.165, 1.54) is 107 Å². The number of benzene rings is 2. The van der Waals surface area contributed by atoms with Gasteiger partial charge in [0.1, 0.15) is 5.75 Å². The predicted octanol–water partition coefficient (Wildman–Crippen LogP) is 10.1. The van der Waals surface area contributed by atoms with Crippen LogP contribution in [0.2, 0.25) is 0 Å². The van der Waals surface area contributed by atoms with E-state index in [1.807, 2.05) is 7.11 Å². The van der Waals surface area contributed by atoms with Crippen LogP contribution in [-0.4, -0.2) is 19.8 Å². The predicted molar refractivity (Wildman–Crippen MR) is 150 cm³/mol. The molecule has 0 aromatic heterocycles. The summed E-state index contributed by atoms with van der Waals surface area (Å²) in [6.45, 7) is 3.10. The average molecular weight is 479 g/mol. The van der Waals surface area contributed by atoms with Crippen molar-refractivity contribution in [3.05, 3.63) is 54.1 Å². The Balaban J connectivity index is 1.45. The molecule has 2 aromatic carbocycles. The molecule has 0 amide bonds. The first-order valence-corrected chi connectivity index (χ1v) is 14.7. The maximum atomic E-state index is 6.44. The molecule has 1 saturated carbocycles. The molecule has 0 heterocycles. The molecular weight excluding hydrogens is 428 g/mol. The van der Waals surface area contributed by atoms with E-state index < -0.39 is 0 Å². The van der Waals surface area contributed by atoms with Gasteiger partial charge in [0.2, 0.25) is 0 Å². The lowest BCUT2D eigenvalue weighted by molar-refractivity contribution is 0.0523. The molecule has 1 aliphatic carbocycles. The molecule has 0 unspecified atom stereocenters. The van der Waals surface area contributed by atoms with Gasteiger partial charge < -0.3 is 9.47 Å². The maximum Gasteiger partial charge on any atom is 0.127 e. The van der Waals surface area contributed by atoms with E-state index in [4.69, 9.17) is 9.47 Å². The molecule has 0 saturated heterocycles. The lowest BCUT2D eigenvalue weighted by atomic mass is 9.81. The molecule has 2 heteroatoms. The van der Waals surface area contributed by atoms with Crippen molar-refractivity contribution in [1.82, 2.24) is 0 Å². The number of unbranched alkanes of at least 4 members (excludes halogenated alkanes) is 11. The summed E-state index contributed by atoms with van der Waals surface area (Å²) in [7, 11) is 1.87. The highest BCUT2D eigenvalue weighted by Crippen LogP contribution is 2.39. The quantitative estimate of drug-likeness (QED) is 0.211. The molecular formula is C33H50O2. The van der Waals surface area contributed by atoms with Crippen LogP contribution in [-0.2, 0) is 4.74 Å². The molecule has 3 rings (SSSR count). The van der Waals surface area contributed by atoms with Gasteiger partial charge >= 0.3 is 0 Å². The van der Waals surface area contributed by atoms with Crippen LogP contribution in [0.4, 0.5) is 0 Å². The van der Waals surface area contributed by atoms with Gasteiger partial charge in [-0.05, 0) is 36.5 Å². The number of hydrogen-bond donors (Lipinski definition) is 0. The van der Waals surface area contributed by atoms with Gasteiger partial charge in [0.15, 0.2) is 0 Å². The maximum absolute atomic E-state index is 6.44. The second kappa shape index (κ2) is 16.8. The van der Waals surface area contributed by atoms with Gasteiger partial charge in [-0.15, -0.1) is 0 Å². The topological polar surface area (TPSA) is 18.5 Å². The van der Waals surface area contributed by atoms with Crippen LogP contribution in [0.25, 0.3) is 11.1 Å². The average Bonchev–Trinajstić information content (AvgIpc) is 2.91. The molecule has 0 N–H and O–H groups in total. The Hall–Kier alpha value is -1.80. The van der Waals surface area contributed by atoms with Gasteiger partial charge in [0.25, 0.3) is 0 Å². The van der Waals surface area contributed by atoms with Crippen molar-refractivity contribution in [3.63, 3.8) is 0 Å². The molecule has 0 aliphatic heterocycles. The summed E-state index contributed by atoms with van der Waals surface area (Å²) < 4.78 is 12.3. The van der Waals surface area contributed by atoms with Crippen molar-refractivity contribution in [3.8, 4) is 16.9 Å². The Morgan fingerprint density at radius 1 is 0.714 bits per heavy atom. The monoisotopic (exact) mass is 478 g/mol. The molecule has 2 nitrogen and oxygen atoms in total. The van der Waals surface area contributed by atoms with E-state index >= 15 is 0 Å². The molecule has 0 bridgehead atoms. The largest absolute Gasteiger partial charge is 0.493 e. The lowest BCUT2D eigenvalue weighted by Crippen LogP contribution is -2.24. The van der Waals surface area contributed by atoms with E-state index in [2.05, 4.69) is 55.5 Å². The second-order valence-electron chi connectivity index (χ2n) is 10.5. The molecule has 35 heavy (non-hydrogen) atoms. The number of methoxy groups -OCH3 is 1. The van der Waals surface area contributed by atoms with E-state index in [0.717, 1.165) is 25.2 Å². The van der Waals surface area contributed by atoms with E-state index in [9.17, 15) is 0 Å². The minimum absolute atomic E-state index is 0.329. The van der Waals surface area contributed by atoms with Gasteiger partial charge in [0.05, 0.1) is 12.7 Å². The fourth-order valence-electron chi connectivity index (χ4n) is 5.63. The summed E-state index contributed by atoms with van der Waals surface area (Å²) in [5, 5.41) is 0. The summed E-state index contributed by atoms with van der Waals surface area (Å²) in [6, 6.07) is 17.6. The van der Waals surface area contributed by atoms with Crippen molar-refractivity contribution in [2.45, 2.75) is 122 Å². The third kappa shape index (κ3) is 9.64. The van der Waals surface area contributed by atoms with Crippen LogP contribution in [0.3, 0.4) is 0 Å². The first kappa shape index (κ1) is 27.8. The minimum Gasteiger partial charge on any atom is -0.493 e. The van der Waals surface area contributed by atoms with Gasteiger partial charge in [0, 0.05) is 18.6 Å². The Morgan fingerprint density at radius 3 is 2.00 bits per heavy atom. The van der Waals surface area contributed by atoms with Crippen LogP contribution in [0.1, 0.15) is 121 Å². The van der Waals surface area contributed by atoms with Crippen molar-refractivity contribution in [1.29, 1.82) is 0 Å². The number of ether oxygens (including phenoxy) is 2. The summed E-state index contributed by atoms with van der Waals surface area (Å²) >= 11 is 0. The standard InChI is InChI=1S/C33H50O2/c1-3-4-5-6-7-8-9-10-11-12-13-19-26-35-33-27-29(30-22-17-18-23-32(30)34-2)24-25-31(33)28-20-15-14-16-21-28/h14-16,20-21,24-25,27,30,32H,3-13,17-19,22-23,26H2,1-2H3/t30-,32+/m1/s1. The molecule has 1 fully saturated rings. The third-order valence-electron chi connectivity index (χ3n) is 7.78. The zero-order chi connectivity index (χ0) is 24.6. The van der Waals surface area contributed by atoms with E-state index in [-0.39, 0.29) is 0 Å². The van der Waals surface area contributed by atoms with Crippen molar-refractivity contribution >= 4 is 0 Å². The molecule has 0 spiro atoms. The number of rotatable bonds is 17. The highest BCUT2D eigenvalue weighted by atomic mass is 16.5. The van der Waals surface area contributed by atoms with Crippen LogP contribution in [0, 0.1) is 0 Å². The van der Waals surface area contributed by atoms with Gasteiger partial charge in [-0.2, -0.15) is 0 Å². The fraction of sp³-hybridized carbons (Fsp3) is 0.636. The molecule has 0 radical (unpaired) electrons. The van der Waals surface area contributed by atoms with Crippen LogP contribution >= 0.6 is 0 Å². The van der Waals surface area contributed by atoms with Crippen LogP contribution in [0.15, 0.2) is 48.5 Å². The first-order chi connectivity index (χ1) is 17.3. The zero-order valence-corrected chi connectivity index (χ0v) is 22.6. The van der Waals surface area contributed by atoms with Gasteiger partial charge in [-0.1, -0.05) is 133 Å². The Morgan fingerprint density at radius 2 is 1.34 bits per heavy atom. The van der Waals surface area contributed by atoms with Crippen molar-refractivity contribution in [2.24, 2.45) is 0 Å². The Kier molecular flexibility index (Phi) is 13.3. The zero-order valence-electron chi connectivity index (χ0n) is 22.6. The molecule has 1 aliphatic rings. The molecule has 194 valence electrons. The van der Waals surface area contributed by atoms with E-state index in [1.54, 1.807) is 0 Å². The van der Waals surface area contributed by atoms with Crippen LogP contribution < -0.4 is 4.74 Å². The summed E-state index contributed by atoms with van der Waals surface area (Å²) in [5.74, 6) is 1.52. The number of hydrogen-bond acceptors (Lipinski definition) is 2. The van der Waals surface area contributed by atoms with Gasteiger partial charge in [-0.3, -0.25) is 0 Å². The SMILES string of the molecule is CCCCCCCCCCCCCCOc1cc([C@H]2CCCC[C@@H]2OC)ccc1-c1ccccc1. The molecule has 2 aromatic rings. The fourth-order valence-corrected chi connectivity index (χ4v) is 5.63. The lowest BCUT2D eigenvalue weighted by Gasteiger charge is -2.31. The first-order valence-electron chi connectivity index (χ1n) is 14.7. The van der Waals surface area contributed by atoms with Crippen molar-refractivity contribution < 1.29 is 9.47 Å². The highest BCUT2D eigenvalue weighted by molar-refractivity contribution is 5.71. The smallest absolute Gasteiger partial charge is 0.127 e. The highest BCUT2D eigenvalue weighted by Gasteiger charge is 2.27. The summed E-state index contributed by atoms with van der Waals surface area (Å²) in [5.41, 5.74) is 3.81. The summed E-state index contributed by atoms with van der Waals surface area (Å²) in [4.78, 5) is 0. The van der Waals surface area contributed by atoms with E-state index in [0.29, 0.717) is 12.0 Å². The normalized spacial score (nSPS) is 18.0. The second-order valence-corrected chi connectivity index (χ2v) is 10.5.